The monoisotopic (exact) mass is 476 g/mol. The number of benzene rings is 1. The van der Waals surface area contributed by atoms with Gasteiger partial charge in [-0.2, -0.15) is 0 Å². The Morgan fingerprint density at radius 3 is 2.03 bits per heavy atom. The van der Waals surface area contributed by atoms with Crippen LogP contribution in [0.4, 0.5) is 0 Å². The predicted molar refractivity (Wildman–Crippen MR) is 116 cm³/mol. The van der Waals surface area contributed by atoms with Crippen LogP contribution >= 0.6 is 0 Å². The molecule has 34 heavy (non-hydrogen) atoms. The lowest BCUT2D eigenvalue weighted by Gasteiger charge is -2.30. The van der Waals surface area contributed by atoms with Gasteiger partial charge >= 0.3 is 11.9 Å². The number of carbonyl (C=O) groups is 6. The number of piperazine rings is 1. The molecule has 184 valence electrons. The third kappa shape index (κ3) is 6.53. The summed E-state index contributed by atoms with van der Waals surface area (Å²) in [7, 11) is 2.11. The average Bonchev–Trinajstić information content (AvgIpc) is 2.80. The van der Waals surface area contributed by atoms with Gasteiger partial charge in [0.2, 0.25) is 23.6 Å². The van der Waals surface area contributed by atoms with Gasteiger partial charge in [-0.05, 0) is 5.56 Å². The highest BCUT2D eigenvalue weighted by atomic mass is 16.5. The molecule has 12 nitrogen and oxygen atoms in total. The number of primary amides is 1. The van der Waals surface area contributed by atoms with Crippen molar-refractivity contribution in [1.29, 1.82) is 0 Å². The second-order valence-corrected chi connectivity index (χ2v) is 7.85. The molecule has 1 saturated heterocycles. The van der Waals surface area contributed by atoms with Crippen LogP contribution in [0.25, 0.3) is 0 Å². The molecule has 5 N–H and O–H groups in total. The minimum Gasteiger partial charge on any atom is -0.468 e. The first-order valence-corrected chi connectivity index (χ1v) is 10.5. The van der Waals surface area contributed by atoms with E-state index in [-0.39, 0.29) is 6.42 Å². The number of hydrogen-bond acceptors (Lipinski definition) is 8. The molecule has 0 aliphatic carbocycles. The van der Waals surface area contributed by atoms with Crippen molar-refractivity contribution in [3.63, 3.8) is 0 Å². The molecule has 4 atom stereocenters. The number of rotatable bonds is 10. The molecule has 0 radical (unpaired) electrons. The summed E-state index contributed by atoms with van der Waals surface area (Å²) in [5.74, 6) is -7.43. The lowest BCUT2D eigenvalue weighted by molar-refractivity contribution is -0.162. The summed E-state index contributed by atoms with van der Waals surface area (Å²) in [5.41, 5.74) is 6.22. The largest absolute Gasteiger partial charge is 0.468 e. The Labute approximate surface area is 195 Å². The summed E-state index contributed by atoms with van der Waals surface area (Å²) in [6, 6.07) is 5.66. The number of amides is 4. The number of nitrogens with two attached hydrogens (primary N) is 1. The van der Waals surface area contributed by atoms with Crippen molar-refractivity contribution in [2.75, 3.05) is 14.2 Å². The molecule has 1 fully saturated rings. The molecule has 1 heterocycles. The van der Waals surface area contributed by atoms with Crippen LogP contribution in [0, 0.1) is 11.8 Å². The van der Waals surface area contributed by atoms with Gasteiger partial charge in [0.1, 0.15) is 18.1 Å². The van der Waals surface area contributed by atoms with Gasteiger partial charge in [0.05, 0.1) is 20.6 Å². The maximum atomic E-state index is 12.6. The second-order valence-electron chi connectivity index (χ2n) is 7.85. The van der Waals surface area contributed by atoms with E-state index < -0.39 is 71.9 Å². The lowest BCUT2D eigenvalue weighted by atomic mass is 9.86. The zero-order valence-electron chi connectivity index (χ0n) is 19.0. The van der Waals surface area contributed by atoms with E-state index in [9.17, 15) is 28.8 Å². The Bertz CT molecular complexity index is 935. The summed E-state index contributed by atoms with van der Waals surface area (Å²) in [5, 5.41) is 7.42. The van der Waals surface area contributed by atoms with E-state index in [2.05, 4.69) is 25.4 Å². The molecule has 4 amide bonds. The van der Waals surface area contributed by atoms with Gasteiger partial charge in [0.25, 0.3) is 0 Å². The van der Waals surface area contributed by atoms with Crippen LogP contribution in [0.15, 0.2) is 30.3 Å². The number of nitrogens with one attached hydrogen (secondary N) is 3. The summed E-state index contributed by atoms with van der Waals surface area (Å²) >= 11 is 0. The molecule has 0 spiro atoms. The van der Waals surface area contributed by atoms with E-state index in [4.69, 9.17) is 5.73 Å². The zero-order chi connectivity index (χ0) is 25.4. The van der Waals surface area contributed by atoms with E-state index in [1.165, 1.54) is 6.92 Å². The second kappa shape index (κ2) is 11.8. The van der Waals surface area contributed by atoms with E-state index in [0.29, 0.717) is 0 Å². The number of hydrogen-bond donors (Lipinski definition) is 4. The molecule has 1 aromatic carbocycles. The number of esters is 2. The third-order valence-electron chi connectivity index (χ3n) is 5.52. The van der Waals surface area contributed by atoms with Crippen molar-refractivity contribution in [2.24, 2.45) is 17.6 Å². The van der Waals surface area contributed by atoms with Crippen molar-refractivity contribution in [1.82, 2.24) is 16.0 Å². The molecule has 0 saturated carbocycles. The zero-order valence-corrected chi connectivity index (χ0v) is 19.0. The molecule has 0 unspecified atom stereocenters. The van der Waals surface area contributed by atoms with Crippen LogP contribution in [0.1, 0.15) is 18.9 Å². The van der Waals surface area contributed by atoms with Crippen molar-refractivity contribution < 1.29 is 38.2 Å². The standard InChI is InChI=1S/C22H28N4O8/c1-11(16(21(31)33-2)22(32)34-3)17(18(23)28)26-15(27)10-14-20(30)24-13(19(29)25-14)9-12-7-5-4-6-8-12/h4-8,11,13-14,16-17H,9-10H2,1-3H3,(H2,23,28)(H,24,30)(H,25,29)(H,26,27)/t11-,13-,14-,17+/m0/s1. The van der Waals surface area contributed by atoms with Crippen LogP contribution in [0.5, 0.6) is 0 Å². The Morgan fingerprint density at radius 1 is 0.971 bits per heavy atom. The Morgan fingerprint density at radius 2 is 1.50 bits per heavy atom. The van der Waals surface area contributed by atoms with Crippen LogP contribution in [0.2, 0.25) is 0 Å². The van der Waals surface area contributed by atoms with Gasteiger partial charge < -0.3 is 31.2 Å². The molecule has 1 aliphatic heterocycles. The fourth-order valence-corrected chi connectivity index (χ4v) is 3.66. The normalized spacial score (nSPS) is 19.3. The molecule has 0 aromatic heterocycles. The summed E-state index contributed by atoms with van der Waals surface area (Å²) in [4.78, 5) is 73.5. The molecular weight excluding hydrogens is 448 g/mol. The minimum atomic E-state index is -1.52. The maximum Gasteiger partial charge on any atom is 0.320 e. The topological polar surface area (TPSA) is 183 Å². The first-order chi connectivity index (χ1) is 16.1. The van der Waals surface area contributed by atoms with Crippen LogP contribution in [-0.4, -0.2) is 67.9 Å². The fraction of sp³-hybridized carbons (Fsp3) is 0.455. The van der Waals surface area contributed by atoms with Crippen molar-refractivity contribution in [2.45, 2.75) is 37.9 Å². The summed E-state index contributed by atoms with van der Waals surface area (Å²) in [6.07, 6.45) is -0.214. The molecule has 1 aliphatic rings. The van der Waals surface area contributed by atoms with Crippen molar-refractivity contribution in [3.8, 4) is 0 Å². The highest BCUT2D eigenvalue weighted by Gasteiger charge is 2.42. The average molecular weight is 476 g/mol. The smallest absolute Gasteiger partial charge is 0.320 e. The summed E-state index contributed by atoms with van der Waals surface area (Å²) in [6.45, 7) is 1.34. The van der Waals surface area contributed by atoms with E-state index in [0.717, 1.165) is 19.8 Å². The van der Waals surface area contributed by atoms with Crippen molar-refractivity contribution >= 4 is 35.6 Å². The predicted octanol–water partition coefficient (Wildman–Crippen LogP) is -1.83. The lowest BCUT2D eigenvalue weighted by Crippen LogP contribution is -2.63. The number of methoxy groups -OCH3 is 2. The van der Waals surface area contributed by atoms with Gasteiger partial charge in [-0.1, -0.05) is 37.3 Å². The Hall–Kier alpha value is -3.96. The highest BCUT2D eigenvalue weighted by molar-refractivity contribution is 6.00. The van der Waals surface area contributed by atoms with Gasteiger partial charge in [0, 0.05) is 12.3 Å². The Balaban J connectivity index is 2.04. The minimum absolute atomic E-state index is 0.279. The molecule has 1 aromatic rings. The Kier molecular flexibility index (Phi) is 9.10. The quantitative estimate of drug-likeness (QED) is 0.224. The molecule has 0 bridgehead atoms. The first-order valence-electron chi connectivity index (χ1n) is 10.5. The molecular formula is C22H28N4O8. The van der Waals surface area contributed by atoms with Gasteiger partial charge in [-0.3, -0.25) is 28.8 Å². The first kappa shape index (κ1) is 26.3. The van der Waals surface area contributed by atoms with Crippen LogP contribution in [-0.2, 0) is 44.7 Å². The van der Waals surface area contributed by atoms with Crippen LogP contribution < -0.4 is 21.7 Å². The number of carbonyl (C=O) groups excluding carboxylic acids is 6. The fourth-order valence-electron chi connectivity index (χ4n) is 3.66. The third-order valence-corrected chi connectivity index (χ3v) is 5.52. The maximum absolute atomic E-state index is 12.6. The van der Waals surface area contributed by atoms with Crippen molar-refractivity contribution in [3.05, 3.63) is 35.9 Å². The SMILES string of the molecule is COC(=O)C(C(=O)OC)[C@H](C)[C@@H](NC(=O)C[C@@H]1NC(=O)[C@H](Cc2ccccc2)NC1=O)C(N)=O. The van der Waals surface area contributed by atoms with E-state index in [1.54, 1.807) is 0 Å². The summed E-state index contributed by atoms with van der Waals surface area (Å²) < 4.78 is 9.17. The van der Waals surface area contributed by atoms with E-state index >= 15 is 0 Å². The van der Waals surface area contributed by atoms with E-state index in [1.807, 2.05) is 30.3 Å². The molecule has 2 rings (SSSR count). The number of ether oxygens (including phenoxy) is 2. The molecule has 12 heteroatoms. The van der Waals surface area contributed by atoms with Crippen LogP contribution in [0.3, 0.4) is 0 Å². The van der Waals surface area contributed by atoms with Gasteiger partial charge in [-0.25, -0.2) is 0 Å². The highest BCUT2D eigenvalue weighted by Crippen LogP contribution is 2.20. The van der Waals surface area contributed by atoms with Gasteiger partial charge in [0.15, 0.2) is 5.92 Å². The van der Waals surface area contributed by atoms with Gasteiger partial charge in [-0.15, -0.1) is 0 Å².